The molecule has 2 heterocycles. The number of aryl methyl sites for hydroxylation is 1. The van der Waals surface area contributed by atoms with Crippen molar-refractivity contribution in [3.05, 3.63) is 56.5 Å². The Bertz CT molecular complexity index is 985. The molecule has 0 aliphatic carbocycles. The number of thiophene rings is 1. The fourth-order valence-electron chi connectivity index (χ4n) is 2.97. The van der Waals surface area contributed by atoms with E-state index in [-0.39, 0.29) is 6.10 Å². The Labute approximate surface area is 174 Å². The van der Waals surface area contributed by atoms with Gasteiger partial charge in [0.25, 0.3) is 0 Å². The first-order chi connectivity index (χ1) is 13.0. The van der Waals surface area contributed by atoms with E-state index in [1.807, 2.05) is 43.3 Å². The number of ether oxygens (including phenoxy) is 2. The van der Waals surface area contributed by atoms with Crippen molar-refractivity contribution >= 4 is 55.8 Å². The molecule has 1 fully saturated rings. The van der Waals surface area contributed by atoms with Gasteiger partial charge in [0.05, 0.1) is 29.6 Å². The van der Waals surface area contributed by atoms with E-state index in [4.69, 9.17) is 9.47 Å². The van der Waals surface area contributed by atoms with Gasteiger partial charge in [-0.3, -0.25) is 4.90 Å². The number of nitrogens with zero attached hydrogens (tertiary/aromatic N) is 1. The van der Waals surface area contributed by atoms with Crippen LogP contribution in [-0.2, 0) is 11.3 Å². The third-order valence-electron chi connectivity index (χ3n) is 4.46. The Morgan fingerprint density at radius 1 is 1.41 bits per heavy atom. The van der Waals surface area contributed by atoms with Crippen LogP contribution in [0.15, 0.2) is 41.8 Å². The summed E-state index contributed by atoms with van der Waals surface area (Å²) >= 11 is 3.86. The molecule has 0 bridgehead atoms. The third kappa shape index (κ3) is 3.90. The zero-order valence-corrected chi connectivity index (χ0v) is 17.6. The predicted octanol–water partition coefficient (Wildman–Crippen LogP) is 5.28. The van der Waals surface area contributed by atoms with Crippen molar-refractivity contribution < 1.29 is 19.4 Å². The number of amides is 1. The second-order valence-corrected chi connectivity index (χ2v) is 8.41. The van der Waals surface area contributed by atoms with Gasteiger partial charge in [0, 0.05) is 15.0 Å². The van der Waals surface area contributed by atoms with Crippen molar-refractivity contribution in [1.29, 1.82) is 0 Å². The average molecular weight is 495 g/mol. The summed E-state index contributed by atoms with van der Waals surface area (Å²) in [6.07, 6.45) is -1.01. The minimum absolute atomic E-state index is 0.0233. The lowest BCUT2D eigenvalue weighted by atomic mass is 10.1. The summed E-state index contributed by atoms with van der Waals surface area (Å²) in [5.41, 5.74) is 2.84. The molecule has 1 aliphatic rings. The Balaban J connectivity index is 1.75. The molecule has 7 heteroatoms. The van der Waals surface area contributed by atoms with Gasteiger partial charge in [-0.1, -0.05) is 30.3 Å². The lowest BCUT2D eigenvalue weighted by Gasteiger charge is -2.22. The van der Waals surface area contributed by atoms with E-state index in [2.05, 4.69) is 28.0 Å². The Morgan fingerprint density at radius 2 is 2.15 bits per heavy atom. The molecule has 4 rings (SSSR count). The van der Waals surface area contributed by atoms with E-state index in [9.17, 15) is 9.90 Å². The monoisotopic (exact) mass is 495 g/mol. The van der Waals surface area contributed by atoms with Crippen LogP contribution in [0.1, 0.15) is 11.1 Å². The zero-order chi connectivity index (χ0) is 19.0. The molecule has 0 saturated carbocycles. The Morgan fingerprint density at radius 3 is 2.81 bits per heavy atom. The summed E-state index contributed by atoms with van der Waals surface area (Å²) in [5, 5.41) is 12.9. The molecule has 140 valence electrons. The highest BCUT2D eigenvalue weighted by Crippen LogP contribution is 2.42. The maximum atomic E-state index is 11.9. The van der Waals surface area contributed by atoms with E-state index in [0.29, 0.717) is 31.2 Å². The first-order valence-corrected chi connectivity index (χ1v) is 10.5. The van der Waals surface area contributed by atoms with Crippen LogP contribution in [-0.4, -0.2) is 30.5 Å². The largest absolute Gasteiger partial charge is 0.487 e. The molecule has 1 aliphatic heterocycles. The number of anilines is 1. The quantitative estimate of drug-likeness (QED) is 0.374. The topological polar surface area (TPSA) is 62.3 Å². The highest BCUT2D eigenvalue weighted by Gasteiger charge is 2.31. The molecular weight excluding hydrogens is 477 g/mol. The van der Waals surface area contributed by atoms with Gasteiger partial charge in [0.2, 0.25) is 0 Å². The summed E-state index contributed by atoms with van der Waals surface area (Å²) in [6, 6.07) is 11.8. The van der Waals surface area contributed by atoms with E-state index < -0.39 is 6.09 Å². The molecule has 1 N–H and O–H groups in total. The van der Waals surface area contributed by atoms with Crippen LogP contribution in [0.5, 0.6) is 5.75 Å². The Hall–Kier alpha value is -1.84. The van der Waals surface area contributed by atoms with Gasteiger partial charge in [-0.15, -0.1) is 11.3 Å². The number of rotatable bonds is 6. The molecule has 1 atom stereocenters. The molecular formula is C20H18INO4S. The average Bonchev–Trinajstić information content (AvgIpc) is 3.40. The molecule has 27 heavy (non-hydrogen) atoms. The molecule has 2 aromatic carbocycles. The Kier molecular flexibility index (Phi) is 5.25. The molecule has 1 saturated heterocycles. The highest BCUT2D eigenvalue weighted by atomic mass is 127. The zero-order valence-electron chi connectivity index (χ0n) is 14.6. The SMILES string of the molecule is Cc1csc2c(OCc3ccccc3)cc(N(C[C@H]3CO3)C(=O)O)c(I)c12. The van der Waals surface area contributed by atoms with Crippen LogP contribution in [0.25, 0.3) is 10.1 Å². The number of hydrogen-bond acceptors (Lipinski definition) is 4. The van der Waals surface area contributed by atoms with Gasteiger partial charge in [0.15, 0.2) is 0 Å². The summed E-state index contributed by atoms with van der Waals surface area (Å²) in [4.78, 5) is 13.3. The fourth-order valence-corrected chi connectivity index (χ4v) is 5.33. The number of fused-ring (bicyclic) bond motifs is 1. The molecule has 0 spiro atoms. The summed E-state index contributed by atoms with van der Waals surface area (Å²) in [5.74, 6) is 0.713. The van der Waals surface area contributed by atoms with Crippen LogP contribution < -0.4 is 9.64 Å². The standard InChI is InChI=1S/C20H18INO4S/c1-12-11-27-19-16(26-9-13-5-3-2-4-6-13)7-15(18(21)17(12)19)22(20(23)24)8-14-10-25-14/h2-7,11,14H,8-10H2,1H3,(H,23,24)/t14-/m0/s1. The van der Waals surface area contributed by atoms with E-state index in [0.717, 1.165) is 24.8 Å². The molecule has 0 unspecified atom stereocenters. The number of hydrogen-bond donors (Lipinski definition) is 1. The molecule has 3 aromatic rings. The van der Waals surface area contributed by atoms with Gasteiger partial charge >= 0.3 is 6.09 Å². The molecule has 1 amide bonds. The first kappa shape index (κ1) is 18.5. The maximum Gasteiger partial charge on any atom is 0.411 e. The van der Waals surface area contributed by atoms with Crippen LogP contribution in [0.2, 0.25) is 0 Å². The van der Waals surface area contributed by atoms with Crippen molar-refractivity contribution in [2.24, 2.45) is 0 Å². The second kappa shape index (κ2) is 7.65. The summed E-state index contributed by atoms with van der Waals surface area (Å²) < 4.78 is 13.3. The maximum absolute atomic E-state index is 11.9. The van der Waals surface area contributed by atoms with Crippen LogP contribution in [0, 0.1) is 10.5 Å². The van der Waals surface area contributed by atoms with Gasteiger partial charge in [-0.2, -0.15) is 0 Å². The van der Waals surface area contributed by atoms with E-state index in [1.54, 1.807) is 11.3 Å². The molecule has 1 aromatic heterocycles. The smallest absolute Gasteiger partial charge is 0.411 e. The normalized spacial score (nSPS) is 15.7. The van der Waals surface area contributed by atoms with Crippen molar-refractivity contribution in [3.63, 3.8) is 0 Å². The van der Waals surface area contributed by atoms with E-state index in [1.165, 1.54) is 4.90 Å². The summed E-state index contributed by atoms with van der Waals surface area (Å²) in [6.45, 7) is 3.42. The lowest BCUT2D eigenvalue weighted by molar-refractivity contribution is 0.201. The second-order valence-electron chi connectivity index (χ2n) is 6.45. The third-order valence-corrected chi connectivity index (χ3v) is 6.66. The number of benzene rings is 2. The molecule has 5 nitrogen and oxygen atoms in total. The number of epoxide rings is 1. The number of halogens is 1. The molecule has 0 radical (unpaired) electrons. The lowest BCUT2D eigenvalue weighted by Crippen LogP contribution is -2.33. The van der Waals surface area contributed by atoms with Gasteiger partial charge in [-0.05, 0) is 46.0 Å². The first-order valence-electron chi connectivity index (χ1n) is 8.53. The summed E-state index contributed by atoms with van der Waals surface area (Å²) in [7, 11) is 0. The number of carboxylic acid groups (broad SMARTS) is 1. The predicted molar refractivity (Wildman–Crippen MR) is 115 cm³/mol. The van der Waals surface area contributed by atoms with Crippen molar-refractivity contribution in [2.45, 2.75) is 19.6 Å². The highest BCUT2D eigenvalue weighted by molar-refractivity contribution is 14.1. The minimum atomic E-state index is -0.982. The van der Waals surface area contributed by atoms with Crippen LogP contribution >= 0.6 is 33.9 Å². The van der Waals surface area contributed by atoms with Gasteiger partial charge in [0.1, 0.15) is 12.4 Å². The van der Waals surface area contributed by atoms with Crippen molar-refractivity contribution in [2.75, 3.05) is 18.1 Å². The van der Waals surface area contributed by atoms with Crippen molar-refractivity contribution in [1.82, 2.24) is 0 Å². The number of carbonyl (C=O) groups is 1. The van der Waals surface area contributed by atoms with Gasteiger partial charge in [-0.25, -0.2) is 4.79 Å². The van der Waals surface area contributed by atoms with Crippen LogP contribution in [0.4, 0.5) is 10.5 Å². The van der Waals surface area contributed by atoms with E-state index >= 15 is 0 Å². The van der Waals surface area contributed by atoms with Gasteiger partial charge < -0.3 is 14.6 Å². The van der Waals surface area contributed by atoms with Crippen LogP contribution in [0.3, 0.4) is 0 Å². The minimum Gasteiger partial charge on any atom is -0.487 e. The van der Waals surface area contributed by atoms with Crippen molar-refractivity contribution in [3.8, 4) is 5.75 Å². The fraction of sp³-hybridized carbons (Fsp3) is 0.250.